The van der Waals surface area contributed by atoms with E-state index in [1.807, 2.05) is 5.32 Å². The second-order valence-electron chi connectivity index (χ2n) is 6.05. The summed E-state index contributed by atoms with van der Waals surface area (Å²) < 4.78 is 0. The van der Waals surface area contributed by atoms with E-state index in [1.165, 1.54) is 41.7 Å². The molecule has 0 aliphatic heterocycles. The highest BCUT2D eigenvalue weighted by atomic mass is 32.1. The first-order valence-electron chi connectivity index (χ1n) is 8.34. The molecule has 9 nitrogen and oxygen atoms in total. The maximum Gasteiger partial charge on any atom is 0.319 e. The van der Waals surface area contributed by atoms with Crippen LogP contribution >= 0.6 is 11.3 Å². The van der Waals surface area contributed by atoms with Crippen LogP contribution in [-0.2, 0) is 17.6 Å². The number of carbonyl (C=O) groups excluding carboxylic acids is 3. The van der Waals surface area contributed by atoms with Gasteiger partial charge in [-0.3, -0.25) is 25.0 Å². The number of carbonyl (C=O) groups is 3. The summed E-state index contributed by atoms with van der Waals surface area (Å²) >= 11 is 1.29. The lowest BCUT2D eigenvalue weighted by Crippen LogP contribution is -2.35. The molecule has 1 aromatic heterocycles. The van der Waals surface area contributed by atoms with Crippen LogP contribution in [0.25, 0.3) is 6.08 Å². The van der Waals surface area contributed by atoms with Crippen LogP contribution in [0.15, 0.2) is 30.3 Å². The number of amides is 4. The highest BCUT2D eigenvalue weighted by molar-refractivity contribution is 7.17. The Morgan fingerprint density at radius 2 is 2.04 bits per heavy atom. The molecule has 1 aliphatic carbocycles. The van der Waals surface area contributed by atoms with Gasteiger partial charge in [-0.05, 0) is 36.5 Å². The summed E-state index contributed by atoms with van der Waals surface area (Å²) in [5, 5.41) is 15.8. The van der Waals surface area contributed by atoms with Crippen molar-refractivity contribution in [1.82, 2.24) is 5.32 Å². The maximum atomic E-state index is 12.3. The van der Waals surface area contributed by atoms with Crippen LogP contribution in [0.2, 0.25) is 0 Å². The topological polar surface area (TPSA) is 144 Å². The Balaban J connectivity index is 1.79. The van der Waals surface area contributed by atoms with Crippen LogP contribution in [0.3, 0.4) is 0 Å². The third-order valence-corrected chi connectivity index (χ3v) is 5.34. The molecule has 0 radical (unpaired) electrons. The van der Waals surface area contributed by atoms with E-state index in [2.05, 4.69) is 5.32 Å². The first-order chi connectivity index (χ1) is 13.3. The van der Waals surface area contributed by atoms with Gasteiger partial charge in [0.1, 0.15) is 5.00 Å². The number of imide groups is 1. The second kappa shape index (κ2) is 8.01. The summed E-state index contributed by atoms with van der Waals surface area (Å²) in [6, 6.07) is 4.88. The van der Waals surface area contributed by atoms with Gasteiger partial charge in [0.15, 0.2) is 0 Å². The van der Waals surface area contributed by atoms with E-state index in [9.17, 15) is 24.5 Å². The van der Waals surface area contributed by atoms with E-state index >= 15 is 0 Å². The standard InChI is InChI=1S/C18H16N4O5S/c19-18(25)21-16(24)15-12-5-2-6-13(12)28-17(15)20-14(23)8-7-10-3-1-4-11(9-10)22(26)27/h1,3-4,7-9H,2,5-6H2,(H,20,23)(H3,19,21,24,25). The molecule has 0 saturated heterocycles. The van der Waals surface area contributed by atoms with Gasteiger partial charge in [-0.25, -0.2) is 4.79 Å². The minimum Gasteiger partial charge on any atom is -0.351 e. The zero-order chi connectivity index (χ0) is 20.3. The van der Waals surface area contributed by atoms with Gasteiger partial charge in [0.2, 0.25) is 5.91 Å². The maximum absolute atomic E-state index is 12.3. The van der Waals surface area contributed by atoms with Gasteiger partial charge in [0.25, 0.3) is 11.6 Å². The van der Waals surface area contributed by atoms with Gasteiger partial charge in [-0.1, -0.05) is 12.1 Å². The van der Waals surface area contributed by atoms with Crippen molar-refractivity contribution in [1.29, 1.82) is 0 Å². The molecule has 0 atom stereocenters. The van der Waals surface area contributed by atoms with Gasteiger partial charge in [0.05, 0.1) is 10.5 Å². The number of urea groups is 1. The molecule has 0 unspecified atom stereocenters. The lowest BCUT2D eigenvalue weighted by molar-refractivity contribution is -0.384. The third-order valence-electron chi connectivity index (χ3n) is 4.13. The van der Waals surface area contributed by atoms with Gasteiger partial charge in [-0.15, -0.1) is 11.3 Å². The number of hydrogen-bond donors (Lipinski definition) is 3. The lowest BCUT2D eigenvalue weighted by atomic mass is 10.1. The molecule has 28 heavy (non-hydrogen) atoms. The summed E-state index contributed by atoms with van der Waals surface area (Å²) in [7, 11) is 0. The molecular weight excluding hydrogens is 384 g/mol. The molecule has 0 saturated carbocycles. The molecule has 1 heterocycles. The predicted octanol–water partition coefficient (Wildman–Crippen LogP) is 2.61. The second-order valence-corrected chi connectivity index (χ2v) is 7.16. The van der Waals surface area contributed by atoms with E-state index in [0.717, 1.165) is 23.3 Å². The average molecular weight is 400 g/mol. The van der Waals surface area contributed by atoms with E-state index < -0.39 is 22.8 Å². The van der Waals surface area contributed by atoms with Crippen LogP contribution in [0.4, 0.5) is 15.5 Å². The fourth-order valence-electron chi connectivity index (χ4n) is 2.97. The van der Waals surface area contributed by atoms with Gasteiger partial charge >= 0.3 is 6.03 Å². The van der Waals surface area contributed by atoms with Gasteiger partial charge in [0, 0.05) is 23.1 Å². The van der Waals surface area contributed by atoms with Gasteiger partial charge < -0.3 is 11.1 Å². The predicted molar refractivity (Wildman–Crippen MR) is 104 cm³/mol. The van der Waals surface area contributed by atoms with Gasteiger partial charge in [-0.2, -0.15) is 0 Å². The minimum atomic E-state index is -0.967. The molecule has 3 rings (SSSR count). The molecular formula is C18H16N4O5S. The monoisotopic (exact) mass is 400 g/mol. The first kappa shape index (κ1) is 19.2. The molecule has 0 spiro atoms. The van der Waals surface area contributed by atoms with Crippen molar-refractivity contribution in [3.05, 3.63) is 62.0 Å². The zero-order valence-corrected chi connectivity index (χ0v) is 15.4. The Bertz CT molecular complexity index is 1010. The quantitative estimate of drug-likeness (QED) is 0.401. The number of nitro groups is 1. The smallest absolute Gasteiger partial charge is 0.319 e. The molecule has 10 heteroatoms. The van der Waals surface area contributed by atoms with Crippen molar-refractivity contribution in [2.24, 2.45) is 5.73 Å². The van der Waals surface area contributed by atoms with Crippen LogP contribution in [0.1, 0.15) is 32.8 Å². The molecule has 1 aromatic carbocycles. The molecule has 4 amide bonds. The number of nitro benzene ring substituents is 1. The molecule has 0 fully saturated rings. The largest absolute Gasteiger partial charge is 0.351 e. The highest BCUT2D eigenvalue weighted by Gasteiger charge is 2.27. The third kappa shape index (κ3) is 4.23. The zero-order valence-electron chi connectivity index (χ0n) is 14.6. The Labute approximate surface area is 163 Å². The summed E-state index contributed by atoms with van der Waals surface area (Å²) in [4.78, 5) is 46.9. The number of fused-ring (bicyclic) bond motifs is 1. The number of nitrogens with two attached hydrogens (primary N) is 1. The Morgan fingerprint density at radius 1 is 1.25 bits per heavy atom. The van der Waals surface area contributed by atoms with Crippen molar-refractivity contribution in [3.63, 3.8) is 0 Å². The summed E-state index contributed by atoms with van der Waals surface area (Å²) in [6.07, 6.45) is 5.05. The Hall–Kier alpha value is -3.53. The number of primary amides is 1. The number of anilines is 1. The summed E-state index contributed by atoms with van der Waals surface area (Å²) in [5.74, 6) is -1.15. The van der Waals surface area contributed by atoms with E-state index in [4.69, 9.17) is 5.73 Å². The normalized spacial score (nSPS) is 12.6. The van der Waals surface area contributed by atoms with E-state index in [-0.39, 0.29) is 11.3 Å². The lowest BCUT2D eigenvalue weighted by Gasteiger charge is -2.06. The number of benzene rings is 1. The Kier molecular flexibility index (Phi) is 5.50. The first-order valence-corrected chi connectivity index (χ1v) is 9.15. The number of nitrogens with zero attached hydrogens (tertiary/aromatic N) is 1. The fourth-order valence-corrected chi connectivity index (χ4v) is 4.26. The van der Waals surface area contributed by atoms with Crippen molar-refractivity contribution in [2.45, 2.75) is 19.3 Å². The van der Waals surface area contributed by atoms with Crippen molar-refractivity contribution in [3.8, 4) is 0 Å². The van der Waals surface area contributed by atoms with E-state index in [1.54, 1.807) is 6.07 Å². The van der Waals surface area contributed by atoms with E-state index in [0.29, 0.717) is 17.0 Å². The average Bonchev–Trinajstić information content (AvgIpc) is 3.20. The molecule has 1 aliphatic rings. The number of rotatable bonds is 5. The fraction of sp³-hybridized carbons (Fsp3) is 0.167. The highest BCUT2D eigenvalue weighted by Crippen LogP contribution is 2.39. The van der Waals surface area contributed by atoms with Crippen molar-refractivity contribution in [2.75, 3.05) is 5.32 Å². The Morgan fingerprint density at radius 3 is 2.75 bits per heavy atom. The molecule has 4 N–H and O–H groups in total. The number of aryl methyl sites for hydroxylation is 1. The summed E-state index contributed by atoms with van der Waals surface area (Å²) in [6.45, 7) is 0. The SMILES string of the molecule is NC(=O)NC(=O)c1c(NC(=O)C=Cc2cccc([N+](=O)[O-])c2)sc2c1CCC2. The molecule has 144 valence electrons. The summed E-state index contributed by atoms with van der Waals surface area (Å²) in [5.41, 5.74) is 6.52. The minimum absolute atomic E-state index is 0.0809. The molecule has 2 aromatic rings. The van der Waals surface area contributed by atoms with Crippen LogP contribution in [0.5, 0.6) is 0 Å². The number of non-ortho nitro benzene ring substituents is 1. The van der Waals surface area contributed by atoms with Crippen LogP contribution in [-0.4, -0.2) is 22.8 Å². The molecule has 0 bridgehead atoms. The number of hydrogen-bond acceptors (Lipinski definition) is 6. The van der Waals surface area contributed by atoms with Crippen LogP contribution < -0.4 is 16.4 Å². The van der Waals surface area contributed by atoms with Crippen LogP contribution in [0, 0.1) is 10.1 Å². The van der Waals surface area contributed by atoms with Crippen molar-refractivity contribution < 1.29 is 19.3 Å². The van der Waals surface area contributed by atoms with Crippen molar-refractivity contribution >= 4 is 45.9 Å². The number of nitrogens with one attached hydrogen (secondary N) is 2. The number of thiophene rings is 1.